The average Bonchev–Trinajstić information content (AvgIpc) is 2.76. The van der Waals surface area contributed by atoms with Crippen LogP contribution in [0.3, 0.4) is 0 Å². The van der Waals surface area contributed by atoms with Crippen LogP contribution in [0.2, 0.25) is 0 Å². The Hall–Kier alpha value is -1.95. The Balaban J connectivity index is 2.02. The molecule has 0 spiro atoms. The molecule has 1 N–H and O–H groups in total. The minimum atomic E-state index is -0.120. The van der Waals surface area contributed by atoms with E-state index in [1.54, 1.807) is 27.7 Å². The fourth-order valence-corrected chi connectivity index (χ4v) is 1.38. The molecule has 84 valence electrons. The van der Waals surface area contributed by atoms with Crippen LogP contribution in [0, 0.1) is 0 Å². The molecule has 0 aliphatic rings. The minimum Gasteiger partial charge on any atom is -0.390 e. The summed E-state index contributed by atoms with van der Waals surface area (Å²) in [6, 6.07) is 5.03. The summed E-state index contributed by atoms with van der Waals surface area (Å²) in [5.74, 6) is 0. The third-order valence-corrected chi connectivity index (χ3v) is 2.22. The van der Waals surface area contributed by atoms with Gasteiger partial charge in [-0.3, -0.25) is 9.48 Å². The van der Waals surface area contributed by atoms with Crippen LogP contribution < -0.4 is 5.56 Å². The molecule has 2 aromatic heterocycles. The Bertz CT molecular complexity index is 517. The third kappa shape index (κ3) is 2.34. The van der Waals surface area contributed by atoms with Crippen LogP contribution in [0.15, 0.2) is 35.4 Å². The second kappa shape index (κ2) is 4.71. The lowest BCUT2D eigenvalue weighted by atomic mass is 10.4. The van der Waals surface area contributed by atoms with Gasteiger partial charge in [0.2, 0.25) is 0 Å². The van der Waals surface area contributed by atoms with Crippen molar-refractivity contribution < 1.29 is 5.11 Å². The highest BCUT2D eigenvalue weighted by Gasteiger charge is 1.99. The molecule has 2 aromatic rings. The topological polar surface area (TPSA) is 72.9 Å². The molecular formula is C10H12N4O2. The Morgan fingerprint density at radius 2 is 2.19 bits per heavy atom. The van der Waals surface area contributed by atoms with Gasteiger partial charge in [-0.25, -0.2) is 0 Å². The lowest BCUT2D eigenvalue weighted by Crippen LogP contribution is -2.20. The number of aromatic nitrogens is 4. The van der Waals surface area contributed by atoms with Gasteiger partial charge in [-0.1, -0.05) is 11.3 Å². The lowest BCUT2D eigenvalue weighted by Gasteiger charge is -2.03. The van der Waals surface area contributed by atoms with E-state index in [-0.39, 0.29) is 12.2 Å². The van der Waals surface area contributed by atoms with Gasteiger partial charge in [-0.2, -0.15) is 0 Å². The zero-order valence-corrected chi connectivity index (χ0v) is 8.65. The van der Waals surface area contributed by atoms with Crippen molar-refractivity contribution in [3.8, 4) is 0 Å². The van der Waals surface area contributed by atoms with Gasteiger partial charge < -0.3 is 9.67 Å². The van der Waals surface area contributed by atoms with Crippen molar-refractivity contribution in [2.24, 2.45) is 0 Å². The van der Waals surface area contributed by atoms with Crippen LogP contribution in [0.25, 0.3) is 0 Å². The van der Waals surface area contributed by atoms with Crippen LogP contribution in [-0.2, 0) is 19.7 Å². The molecule has 0 radical (unpaired) electrons. The van der Waals surface area contributed by atoms with Crippen molar-refractivity contribution in [1.29, 1.82) is 0 Å². The molecule has 0 bridgehead atoms. The first-order chi connectivity index (χ1) is 7.79. The predicted molar refractivity (Wildman–Crippen MR) is 56.6 cm³/mol. The normalized spacial score (nSPS) is 10.6. The van der Waals surface area contributed by atoms with Crippen molar-refractivity contribution in [2.75, 3.05) is 0 Å². The first-order valence-electron chi connectivity index (χ1n) is 4.95. The molecule has 0 unspecified atom stereocenters. The van der Waals surface area contributed by atoms with Gasteiger partial charge in [0, 0.05) is 18.8 Å². The van der Waals surface area contributed by atoms with Gasteiger partial charge in [0.25, 0.3) is 5.56 Å². The number of pyridine rings is 1. The SMILES string of the molecule is O=c1ccccn1CCn1cc(CO)nn1. The lowest BCUT2D eigenvalue weighted by molar-refractivity contribution is 0.276. The smallest absolute Gasteiger partial charge is 0.250 e. The summed E-state index contributed by atoms with van der Waals surface area (Å²) in [5.41, 5.74) is 0.491. The van der Waals surface area contributed by atoms with Gasteiger partial charge in [-0.15, -0.1) is 5.10 Å². The minimum absolute atomic E-state index is 0.0370. The molecule has 0 aliphatic carbocycles. The standard InChI is InChI=1S/C10H12N4O2/c15-8-9-7-14(12-11-9)6-5-13-4-2-1-3-10(13)16/h1-4,7,15H,5-6,8H2. The number of nitrogens with zero attached hydrogens (tertiary/aromatic N) is 4. The summed E-state index contributed by atoms with van der Waals surface area (Å²) in [6.07, 6.45) is 3.39. The number of aryl methyl sites for hydroxylation is 2. The molecule has 2 rings (SSSR count). The molecule has 0 atom stereocenters. The van der Waals surface area contributed by atoms with Crippen LogP contribution in [0.1, 0.15) is 5.69 Å². The van der Waals surface area contributed by atoms with Crippen LogP contribution >= 0.6 is 0 Å². The van der Waals surface area contributed by atoms with E-state index < -0.39 is 0 Å². The first kappa shape index (κ1) is 10.6. The number of hydrogen-bond acceptors (Lipinski definition) is 4. The highest BCUT2D eigenvalue weighted by molar-refractivity contribution is 4.93. The molecule has 0 fully saturated rings. The van der Waals surface area contributed by atoms with Crippen molar-refractivity contribution in [3.05, 3.63) is 46.6 Å². The maximum Gasteiger partial charge on any atom is 0.250 e. The van der Waals surface area contributed by atoms with Crippen LogP contribution in [0.4, 0.5) is 0 Å². The van der Waals surface area contributed by atoms with Crippen LogP contribution in [0.5, 0.6) is 0 Å². The van der Waals surface area contributed by atoms with Crippen molar-refractivity contribution in [2.45, 2.75) is 19.7 Å². The van der Waals surface area contributed by atoms with E-state index in [2.05, 4.69) is 10.3 Å². The van der Waals surface area contributed by atoms with E-state index in [1.807, 2.05) is 6.07 Å². The van der Waals surface area contributed by atoms with Crippen LogP contribution in [-0.4, -0.2) is 24.7 Å². The zero-order chi connectivity index (χ0) is 11.4. The average molecular weight is 220 g/mol. The molecular weight excluding hydrogens is 208 g/mol. The first-order valence-corrected chi connectivity index (χ1v) is 4.95. The molecule has 2 heterocycles. The van der Waals surface area contributed by atoms with E-state index in [9.17, 15) is 4.79 Å². The second-order valence-electron chi connectivity index (χ2n) is 3.36. The van der Waals surface area contributed by atoms with Crippen molar-refractivity contribution in [3.63, 3.8) is 0 Å². The number of aliphatic hydroxyl groups excluding tert-OH is 1. The summed E-state index contributed by atoms with van der Waals surface area (Å²) >= 11 is 0. The summed E-state index contributed by atoms with van der Waals surface area (Å²) in [6.45, 7) is 0.968. The van der Waals surface area contributed by atoms with Gasteiger partial charge in [0.15, 0.2) is 0 Å². The zero-order valence-electron chi connectivity index (χ0n) is 8.65. The molecule has 6 nitrogen and oxygen atoms in total. The fourth-order valence-electron chi connectivity index (χ4n) is 1.38. The molecule has 0 aromatic carbocycles. The molecule has 0 saturated carbocycles. The quantitative estimate of drug-likeness (QED) is 0.763. The summed E-state index contributed by atoms with van der Waals surface area (Å²) in [7, 11) is 0. The van der Waals surface area contributed by atoms with E-state index in [0.717, 1.165) is 0 Å². The van der Waals surface area contributed by atoms with Crippen molar-refractivity contribution in [1.82, 2.24) is 19.6 Å². The number of rotatable bonds is 4. The Morgan fingerprint density at radius 1 is 1.31 bits per heavy atom. The van der Waals surface area contributed by atoms with E-state index in [4.69, 9.17) is 5.11 Å². The van der Waals surface area contributed by atoms with Gasteiger partial charge in [0.05, 0.1) is 19.3 Å². The molecule has 0 saturated heterocycles. The third-order valence-electron chi connectivity index (χ3n) is 2.22. The van der Waals surface area contributed by atoms with Gasteiger partial charge >= 0.3 is 0 Å². The molecule has 0 amide bonds. The van der Waals surface area contributed by atoms with E-state index in [1.165, 1.54) is 6.07 Å². The van der Waals surface area contributed by atoms with E-state index >= 15 is 0 Å². The van der Waals surface area contributed by atoms with E-state index in [0.29, 0.717) is 18.8 Å². The summed E-state index contributed by atoms with van der Waals surface area (Å²) < 4.78 is 3.20. The predicted octanol–water partition coefficient (Wildman–Crippen LogP) is -0.368. The highest BCUT2D eigenvalue weighted by atomic mass is 16.3. The summed E-state index contributed by atoms with van der Waals surface area (Å²) in [5, 5.41) is 16.4. The summed E-state index contributed by atoms with van der Waals surface area (Å²) in [4.78, 5) is 11.4. The highest BCUT2D eigenvalue weighted by Crippen LogP contribution is 1.93. The largest absolute Gasteiger partial charge is 0.390 e. The fraction of sp³-hybridized carbons (Fsp3) is 0.300. The second-order valence-corrected chi connectivity index (χ2v) is 3.36. The number of hydrogen-bond donors (Lipinski definition) is 1. The van der Waals surface area contributed by atoms with Gasteiger partial charge in [-0.05, 0) is 6.07 Å². The Kier molecular flexibility index (Phi) is 3.11. The Morgan fingerprint density at radius 3 is 2.88 bits per heavy atom. The maximum atomic E-state index is 11.4. The maximum absolute atomic E-state index is 11.4. The monoisotopic (exact) mass is 220 g/mol. The number of aliphatic hydroxyl groups is 1. The molecule has 6 heteroatoms. The Labute approximate surface area is 91.8 Å². The van der Waals surface area contributed by atoms with Crippen molar-refractivity contribution >= 4 is 0 Å². The molecule has 16 heavy (non-hydrogen) atoms. The molecule has 0 aliphatic heterocycles. The van der Waals surface area contributed by atoms with Gasteiger partial charge in [0.1, 0.15) is 5.69 Å².